The molecule has 1 saturated carbocycles. The second kappa shape index (κ2) is 6.27. The van der Waals surface area contributed by atoms with Crippen molar-refractivity contribution in [1.29, 1.82) is 0 Å². The standard InChI is InChI=1S/C16H28N2OS/c1-11(2)14-16(19)18(9-12-7-8-20-10-12)15(17-14)13-5-3-4-6-13/h11-15,17H,3-10H2,1-2H3. The van der Waals surface area contributed by atoms with Crippen molar-refractivity contribution in [3.8, 4) is 0 Å². The minimum atomic E-state index is 0.0506. The van der Waals surface area contributed by atoms with E-state index in [9.17, 15) is 4.79 Å². The predicted molar refractivity (Wildman–Crippen MR) is 84.7 cm³/mol. The highest BCUT2D eigenvalue weighted by Crippen LogP contribution is 2.34. The summed E-state index contributed by atoms with van der Waals surface area (Å²) in [6.07, 6.45) is 6.89. The highest BCUT2D eigenvalue weighted by atomic mass is 32.2. The van der Waals surface area contributed by atoms with Crippen molar-refractivity contribution < 1.29 is 4.79 Å². The highest BCUT2D eigenvalue weighted by Gasteiger charge is 2.44. The van der Waals surface area contributed by atoms with Gasteiger partial charge in [0.05, 0.1) is 12.2 Å². The summed E-state index contributed by atoms with van der Waals surface area (Å²) in [4.78, 5) is 15.0. The Morgan fingerprint density at radius 2 is 2.05 bits per heavy atom. The molecule has 3 nitrogen and oxygen atoms in total. The highest BCUT2D eigenvalue weighted by molar-refractivity contribution is 7.99. The van der Waals surface area contributed by atoms with Crippen molar-refractivity contribution in [2.45, 2.75) is 58.2 Å². The van der Waals surface area contributed by atoms with Crippen LogP contribution in [-0.4, -0.2) is 41.1 Å². The Morgan fingerprint density at radius 3 is 2.65 bits per heavy atom. The Bertz CT molecular complexity index is 348. The number of thioether (sulfide) groups is 1. The van der Waals surface area contributed by atoms with E-state index in [1.165, 1.54) is 43.6 Å². The van der Waals surface area contributed by atoms with E-state index in [2.05, 4.69) is 24.1 Å². The maximum Gasteiger partial charge on any atom is 0.241 e. The van der Waals surface area contributed by atoms with Crippen LogP contribution in [0.15, 0.2) is 0 Å². The molecule has 4 heteroatoms. The number of nitrogens with zero attached hydrogens (tertiary/aromatic N) is 1. The lowest BCUT2D eigenvalue weighted by Crippen LogP contribution is -2.44. The van der Waals surface area contributed by atoms with Crippen LogP contribution in [0.2, 0.25) is 0 Å². The second-order valence-corrected chi connectivity index (χ2v) is 8.25. The first-order valence-electron chi connectivity index (χ1n) is 8.31. The Hall–Kier alpha value is -0.220. The molecule has 3 atom stereocenters. The van der Waals surface area contributed by atoms with Crippen LogP contribution in [0.25, 0.3) is 0 Å². The second-order valence-electron chi connectivity index (χ2n) is 7.10. The molecule has 0 radical (unpaired) electrons. The van der Waals surface area contributed by atoms with Gasteiger partial charge in [0.15, 0.2) is 0 Å². The molecule has 1 aliphatic carbocycles. The van der Waals surface area contributed by atoms with Crippen molar-refractivity contribution >= 4 is 17.7 Å². The van der Waals surface area contributed by atoms with Crippen molar-refractivity contribution in [2.75, 3.05) is 18.1 Å². The monoisotopic (exact) mass is 296 g/mol. The molecule has 0 aromatic rings. The Morgan fingerprint density at radius 1 is 1.30 bits per heavy atom. The fraction of sp³-hybridized carbons (Fsp3) is 0.938. The van der Waals surface area contributed by atoms with E-state index < -0.39 is 0 Å². The van der Waals surface area contributed by atoms with Crippen molar-refractivity contribution in [3.63, 3.8) is 0 Å². The van der Waals surface area contributed by atoms with E-state index in [-0.39, 0.29) is 6.04 Å². The lowest BCUT2D eigenvalue weighted by Gasteiger charge is -2.30. The molecule has 0 bridgehead atoms. The van der Waals surface area contributed by atoms with E-state index in [4.69, 9.17) is 0 Å². The molecule has 20 heavy (non-hydrogen) atoms. The van der Waals surface area contributed by atoms with Crippen LogP contribution in [0.3, 0.4) is 0 Å². The van der Waals surface area contributed by atoms with Gasteiger partial charge in [-0.05, 0) is 48.5 Å². The van der Waals surface area contributed by atoms with E-state index in [1.54, 1.807) is 0 Å². The van der Waals surface area contributed by atoms with Gasteiger partial charge in [-0.3, -0.25) is 10.1 Å². The van der Waals surface area contributed by atoms with Crippen LogP contribution in [0.4, 0.5) is 0 Å². The zero-order valence-corrected chi connectivity index (χ0v) is 13.6. The van der Waals surface area contributed by atoms with Crippen LogP contribution < -0.4 is 5.32 Å². The number of amides is 1. The van der Waals surface area contributed by atoms with Gasteiger partial charge in [-0.25, -0.2) is 0 Å². The first-order valence-corrected chi connectivity index (χ1v) is 9.46. The number of carbonyl (C=O) groups excluding carboxylic acids is 1. The smallest absolute Gasteiger partial charge is 0.241 e. The average molecular weight is 296 g/mol. The third kappa shape index (κ3) is 2.87. The molecule has 3 fully saturated rings. The fourth-order valence-electron chi connectivity index (χ4n) is 4.01. The summed E-state index contributed by atoms with van der Waals surface area (Å²) in [5, 5.41) is 3.68. The topological polar surface area (TPSA) is 32.3 Å². The normalized spacial score (nSPS) is 35.6. The average Bonchev–Trinajstić information content (AvgIpc) is 3.13. The summed E-state index contributed by atoms with van der Waals surface area (Å²) in [6, 6.07) is 0.0506. The number of rotatable bonds is 4. The van der Waals surface area contributed by atoms with E-state index in [1.807, 2.05) is 11.8 Å². The molecule has 2 saturated heterocycles. The summed E-state index contributed by atoms with van der Waals surface area (Å²) >= 11 is 2.05. The third-order valence-electron chi connectivity index (χ3n) is 5.23. The molecule has 1 amide bonds. The van der Waals surface area contributed by atoms with Crippen LogP contribution in [0.5, 0.6) is 0 Å². The third-order valence-corrected chi connectivity index (χ3v) is 6.46. The summed E-state index contributed by atoms with van der Waals surface area (Å²) in [7, 11) is 0. The summed E-state index contributed by atoms with van der Waals surface area (Å²) in [6.45, 7) is 5.32. The quantitative estimate of drug-likeness (QED) is 0.866. The Labute approximate surface area is 127 Å². The Kier molecular flexibility index (Phi) is 4.61. The maximum absolute atomic E-state index is 12.8. The molecule has 1 N–H and O–H groups in total. The molecule has 3 rings (SSSR count). The molecule has 0 aromatic carbocycles. The minimum Gasteiger partial charge on any atom is -0.325 e. The zero-order valence-electron chi connectivity index (χ0n) is 12.8. The molecule has 3 aliphatic rings. The minimum absolute atomic E-state index is 0.0506. The summed E-state index contributed by atoms with van der Waals surface area (Å²) in [5.41, 5.74) is 0. The number of nitrogens with one attached hydrogen (secondary N) is 1. The van der Waals surface area contributed by atoms with Crippen LogP contribution in [-0.2, 0) is 4.79 Å². The first-order chi connectivity index (χ1) is 9.66. The Balaban J connectivity index is 1.72. The number of hydrogen-bond donors (Lipinski definition) is 1. The number of hydrogen-bond acceptors (Lipinski definition) is 3. The van der Waals surface area contributed by atoms with Gasteiger partial charge in [0, 0.05) is 6.54 Å². The lowest BCUT2D eigenvalue weighted by atomic mass is 10.0. The molecule has 3 unspecified atom stereocenters. The molecule has 2 aliphatic heterocycles. The van der Waals surface area contributed by atoms with Crippen LogP contribution in [0, 0.1) is 17.8 Å². The van der Waals surface area contributed by atoms with Crippen molar-refractivity contribution in [3.05, 3.63) is 0 Å². The van der Waals surface area contributed by atoms with Gasteiger partial charge < -0.3 is 4.90 Å². The van der Waals surface area contributed by atoms with Gasteiger partial charge in [-0.2, -0.15) is 11.8 Å². The first kappa shape index (κ1) is 14.7. The molecule has 114 valence electrons. The summed E-state index contributed by atoms with van der Waals surface area (Å²) < 4.78 is 0. The van der Waals surface area contributed by atoms with Crippen LogP contribution in [0.1, 0.15) is 46.0 Å². The molecule has 0 spiro atoms. The largest absolute Gasteiger partial charge is 0.325 e. The fourth-order valence-corrected chi connectivity index (χ4v) is 5.28. The molecule has 0 aromatic heterocycles. The summed E-state index contributed by atoms with van der Waals surface area (Å²) in [5.74, 6) is 4.70. The predicted octanol–water partition coefficient (Wildman–Crippen LogP) is 2.71. The van der Waals surface area contributed by atoms with Gasteiger partial charge in [-0.1, -0.05) is 26.7 Å². The van der Waals surface area contributed by atoms with E-state index in [0.29, 0.717) is 23.9 Å². The molecular formula is C16H28N2OS. The van der Waals surface area contributed by atoms with E-state index in [0.717, 1.165) is 12.5 Å². The lowest BCUT2D eigenvalue weighted by molar-refractivity contribution is -0.131. The zero-order chi connectivity index (χ0) is 14.1. The van der Waals surface area contributed by atoms with Gasteiger partial charge in [0.2, 0.25) is 5.91 Å². The molecular weight excluding hydrogens is 268 g/mol. The van der Waals surface area contributed by atoms with Crippen LogP contribution >= 0.6 is 11.8 Å². The maximum atomic E-state index is 12.8. The van der Waals surface area contributed by atoms with Gasteiger partial charge >= 0.3 is 0 Å². The van der Waals surface area contributed by atoms with E-state index >= 15 is 0 Å². The molecule has 2 heterocycles. The van der Waals surface area contributed by atoms with Gasteiger partial charge in [-0.15, -0.1) is 0 Å². The number of carbonyl (C=O) groups is 1. The van der Waals surface area contributed by atoms with Crippen molar-refractivity contribution in [2.24, 2.45) is 17.8 Å². The SMILES string of the molecule is CC(C)C1NC(C2CCCC2)N(CC2CCSC2)C1=O. The van der Waals surface area contributed by atoms with Crippen molar-refractivity contribution in [1.82, 2.24) is 10.2 Å². The van der Waals surface area contributed by atoms with Gasteiger partial charge in [0.1, 0.15) is 0 Å². The van der Waals surface area contributed by atoms with Gasteiger partial charge in [0.25, 0.3) is 0 Å².